The van der Waals surface area contributed by atoms with Crippen molar-refractivity contribution in [2.45, 2.75) is 57.4 Å². The second-order valence-corrected chi connectivity index (χ2v) is 5.09. The van der Waals surface area contributed by atoms with E-state index in [-0.39, 0.29) is 0 Å². The maximum absolute atomic E-state index is 5.48. The third-order valence-electron chi connectivity index (χ3n) is 3.59. The molecule has 0 unspecified atom stereocenters. The minimum atomic E-state index is 0.574. The summed E-state index contributed by atoms with van der Waals surface area (Å²) >= 11 is 0. The smallest absolute Gasteiger partial charge is 0.205 e. The van der Waals surface area contributed by atoms with Crippen LogP contribution in [0.15, 0.2) is 4.99 Å². The summed E-state index contributed by atoms with van der Waals surface area (Å²) in [7, 11) is 0. The van der Waals surface area contributed by atoms with E-state index in [1.807, 2.05) is 0 Å². The van der Waals surface area contributed by atoms with Crippen LogP contribution >= 0.6 is 0 Å². The van der Waals surface area contributed by atoms with Gasteiger partial charge in [0.25, 0.3) is 0 Å². The summed E-state index contributed by atoms with van der Waals surface area (Å²) in [4.78, 5) is 4.49. The monoisotopic (exact) mass is 224 g/mol. The number of guanidine groups is 1. The standard InChI is InChI=1S/C12H24N4/c13-16-12(14-9-8-10-6-7-10)15-11-4-2-1-3-5-11/h10-11H,1-9,13H2,(H2,14,15,16). The van der Waals surface area contributed by atoms with Gasteiger partial charge < -0.3 is 5.32 Å². The Balaban J connectivity index is 1.69. The maximum Gasteiger partial charge on any atom is 0.205 e. The molecular weight excluding hydrogens is 200 g/mol. The van der Waals surface area contributed by atoms with Crippen molar-refractivity contribution in [2.75, 3.05) is 6.54 Å². The molecule has 0 amide bonds. The van der Waals surface area contributed by atoms with Gasteiger partial charge in [0.15, 0.2) is 0 Å². The van der Waals surface area contributed by atoms with Gasteiger partial charge in [-0.1, -0.05) is 32.1 Å². The van der Waals surface area contributed by atoms with Gasteiger partial charge in [0.05, 0.1) is 0 Å². The van der Waals surface area contributed by atoms with Crippen LogP contribution in [0, 0.1) is 5.92 Å². The van der Waals surface area contributed by atoms with Gasteiger partial charge >= 0.3 is 0 Å². The molecular formula is C12H24N4. The Bertz CT molecular complexity index is 229. The van der Waals surface area contributed by atoms with Crippen molar-refractivity contribution < 1.29 is 0 Å². The first-order valence-electron chi connectivity index (χ1n) is 6.66. The van der Waals surface area contributed by atoms with Crippen molar-refractivity contribution in [3.05, 3.63) is 0 Å². The fourth-order valence-corrected chi connectivity index (χ4v) is 2.34. The lowest BCUT2D eigenvalue weighted by molar-refractivity contribution is 0.410. The highest BCUT2D eigenvalue weighted by Gasteiger charge is 2.20. The highest BCUT2D eigenvalue weighted by molar-refractivity contribution is 5.79. The molecule has 2 aliphatic rings. The fraction of sp³-hybridized carbons (Fsp3) is 0.917. The molecule has 0 aliphatic heterocycles. The summed E-state index contributed by atoms with van der Waals surface area (Å²) in [5, 5.41) is 3.41. The Labute approximate surface area is 98.0 Å². The van der Waals surface area contributed by atoms with Crippen molar-refractivity contribution >= 4 is 5.96 Å². The third kappa shape index (κ3) is 4.00. The third-order valence-corrected chi connectivity index (χ3v) is 3.59. The Hall–Kier alpha value is -0.770. The summed E-state index contributed by atoms with van der Waals surface area (Å²) < 4.78 is 0. The fourth-order valence-electron chi connectivity index (χ4n) is 2.34. The summed E-state index contributed by atoms with van der Waals surface area (Å²) in [5.41, 5.74) is 2.68. The zero-order valence-electron chi connectivity index (χ0n) is 10.0. The predicted octanol–water partition coefficient (Wildman–Crippen LogP) is 1.53. The van der Waals surface area contributed by atoms with E-state index in [9.17, 15) is 0 Å². The molecule has 4 heteroatoms. The average molecular weight is 224 g/mol. The zero-order valence-corrected chi connectivity index (χ0v) is 10.0. The van der Waals surface area contributed by atoms with Crippen molar-refractivity contribution in [3.63, 3.8) is 0 Å². The van der Waals surface area contributed by atoms with E-state index < -0.39 is 0 Å². The van der Waals surface area contributed by atoms with Crippen LogP contribution in [0.3, 0.4) is 0 Å². The van der Waals surface area contributed by atoms with Crippen LogP contribution in [0.25, 0.3) is 0 Å². The Morgan fingerprint density at radius 3 is 2.50 bits per heavy atom. The number of hydrogen-bond donors (Lipinski definition) is 3. The van der Waals surface area contributed by atoms with Gasteiger partial charge in [-0.05, 0) is 25.2 Å². The van der Waals surface area contributed by atoms with Crippen LogP contribution in [0.4, 0.5) is 0 Å². The lowest BCUT2D eigenvalue weighted by Crippen LogP contribution is -2.47. The largest absolute Gasteiger partial charge is 0.353 e. The minimum Gasteiger partial charge on any atom is -0.353 e. The van der Waals surface area contributed by atoms with Gasteiger partial charge in [-0.15, -0.1) is 0 Å². The van der Waals surface area contributed by atoms with E-state index in [1.165, 1.54) is 51.4 Å². The summed E-state index contributed by atoms with van der Waals surface area (Å²) in [6, 6.07) is 0.574. The molecule has 0 spiro atoms. The molecule has 2 aliphatic carbocycles. The first-order chi connectivity index (χ1) is 7.88. The topological polar surface area (TPSA) is 62.4 Å². The van der Waals surface area contributed by atoms with E-state index in [2.05, 4.69) is 15.7 Å². The van der Waals surface area contributed by atoms with Gasteiger partial charge in [0, 0.05) is 12.6 Å². The SMILES string of the molecule is NNC(=NCCC1CC1)NC1CCCCC1. The van der Waals surface area contributed by atoms with E-state index in [4.69, 9.17) is 5.84 Å². The molecule has 2 rings (SSSR count). The molecule has 0 heterocycles. The molecule has 0 aromatic heterocycles. The Morgan fingerprint density at radius 1 is 1.12 bits per heavy atom. The first-order valence-corrected chi connectivity index (χ1v) is 6.66. The molecule has 2 fully saturated rings. The van der Waals surface area contributed by atoms with Crippen molar-refractivity contribution in [2.24, 2.45) is 16.8 Å². The number of rotatable bonds is 4. The summed E-state index contributed by atoms with van der Waals surface area (Å²) in [5.74, 6) is 7.21. The second-order valence-electron chi connectivity index (χ2n) is 5.09. The molecule has 16 heavy (non-hydrogen) atoms. The van der Waals surface area contributed by atoms with Crippen LogP contribution in [-0.4, -0.2) is 18.5 Å². The molecule has 92 valence electrons. The normalized spacial score (nSPS) is 23.2. The molecule has 0 aromatic carbocycles. The highest BCUT2D eigenvalue weighted by atomic mass is 15.3. The lowest BCUT2D eigenvalue weighted by atomic mass is 9.96. The number of aliphatic imine (C=N–C) groups is 1. The summed E-state index contributed by atoms with van der Waals surface area (Å²) in [6.07, 6.45) is 10.6. The van der Waals surface area contributed by atoms with Gasteiger partial charge in [-0.3, -0.25) is 10.4 Å². The number of hydrazine groups is 1. The highest BCUT2D eigenvalue weighted by Crippen LogP contribution is 2.32. The van der Waals surface area contributed by atoms with Gasteiger partial charge in [-0.2, -0.15) is 0 Å². The molecule has 0 radical (unpaired) electrons. The van der Waals surface area contributed by atoms with Gasteiger partial charge in [0.1, 0.15) is 0 Å². The number of nitrogens with zero attached hydrogens (tertiary/aromatic N) is 1. The van der Waals surface area contributed by atoms with Gasteiger partial charge in [-0.25, -0.2) is 5.84 Å². The van der Waals surface area contributed by atoms with Crippen LogP contribution < -0.4 is 16.6 Å². The van der Waals surface area contributed by atoms with Crippen molar-refractivity contribution in [1.82, 2.24) is 10.7 Å². The van der Waals surface area contributed by atoms with Crippen LogP contribution in [0.1, 0.15) is 51.4 Å². The Morgan fingerprint density at radius 2 is 1.88 bits per heavy atom. The second kappa shape index (κ2) is 6.09. The number of hydrogen-bond acceptors (Lipinski definition) is 2. The number of nitrogens with one attached hydrogen (secondary N) is 2. The van der Waals surface area contributed by atoms with Crippen LogP contribution in [0.5, 0.6) is 0 Å². The zero-order chi connectivity index (χ0) is 11.2. The molecule has 0 saturated heterocycles. The molecule has 4 nitrogen and oxygen atoms in total. The van der Waals surface area contributed by atoms with E-state index in [1.54, 1.807) is 0 Å². The lowest BCUT2D eigenvalue weighted by Gasteiger charge is -2.24. The first kappa shape index (κ1) is 11.7. The van der Waals surface area contributed by atoms with E-state index in [0.717, 1.165) is 18.4 Å². The molecule has 4 N–H and O–H groups in total. The molecule has 0 aromatic rings. The molecule has 0 atom stereocenters. The minimum absolute atomic E-state index is 0.574. The van der Waals surface area contributed by atoms with Crippen molar-refractivity contribution in [3.8, 4) is 0 Å². The molecule has 0 bridgehead atoms. The van der Waals surface area contributed by atoms with Crippen LogP contribution in [-0.2, 0) is 0 Å². The maximum atomic E-state index is 5.48. The van der Waals surface area contributed by atoms with Crippen LogP contribution in [0.2, 0.25) is 0 Å². The average Bonchev–Trinajstić information content (AvgIpc) is 3.13. The predicted molar refractivity (Wildman–Crippen MR) is 67.0 cm³/mol. The van der Waals surface area contributed by atoms with Gasteiger partial charge in [0.2, 0.25) is 5.96 Å². The molecule has 2 saturated carbocycles. The Kier molecular flexibility index (Phi) is 4.45. The van der Waals surface area contributed by atoms with Crippen molar-refractivity contribution in [1.29, 1.82) is 0 Å². The summed E-state index contributed by atoms with van der Waals surface area (Å²) in [6.45, 7) is 0.907. The van der Waals surface area contributed by atoms with E-state index in [0.29, 0.717) is 6.04 Å². The number of nitrogens with two attached hydrogens (primary N) is 1. The quantitative estimate of drug-likeness (QED) is 0.294. The van der Waals surface area contributed by atoms with E-state index >= 15 is 0 Å².